The second-order valence-corrected chi connectivity index (χ2v) is 3.84. The molecule has 5 nitrogen and oxygen atoms in total. The maximum Gasteiger partial charge on any atom is 0.153 e. The molecule has 0 aliphatic rings. The van der Waals surface area contributed by atoms with Crippen molar-refractivity contribution >= 4 is 11.8 Å². The Balaban J connectivity index is 2.17. The van der Waals surface area contributed by atoms with Gasteiger partial charge in [0.15, 0.2) is 6.29 Å². The third-order valence-corrected chi connectivity index (χ3v) is 2.68. The first-order chi connectivity index (χ1) is 8.28. The lowest BCUT2D eigenvalue weighted by Gasteiger charge is -1.98. The van der Waals surface area contributed by atoms with Crippen LogP contribution >= 0.6 is 0 Å². The molecule has 0 saturated carbocycles. The molecule has 0 unspecified atom stereocenters. The number of aromatic nitrogens is 4. The van der Waals surface area contributed by atoms with Crippen LogP contribution in [0.2, 0.25) is 0 Å². The molecule has 5 heteroatoms. The summed E-state index contributed by atoms with van der Waals surface area (Å²) in [5, 5.41) is 8.45. The van der Waals surface area contributed by atoms with E-state index in [1.807, 2.05) is 37.6 Å². The number of fused-ring (bicyclic) bond motifs is 1. The Hall–Kier alpha value is -2.43. The van der Waals surface area contributed by atoms with E-state index in [4.69, 9.17) is 0 Å². The molecule has 0 atom stereocenters. The van der Waals surface area contributed by atoms with Crippen LogP contribution in [-0.2, 0) is 7.05 Å². The zero-order valence-corrected chi connectivity index (χ0v) is 9.24. The first-order valence-electron chi connectivity index (χ1n) is 5.20. The van der Waals surface area contributed by atoms with Crippen molar-refractivity contribution in [2.75, 3.05) is 0 Å². The van der Waals surface area contributed by atoms with E-state index in [1.54, 1.807) is 15.4 Å². The van der Waals surface area contributed by atoms with E-state index in [-0.39, 0.29) is 0 Å². The molecule has 3 aromatic heterocycles. The van der Waals surface area contributed by atoms with Gasteiger partial charge in [-0.3, -0.25) is 9.48 Å². The Kier molecular flexibility index (Phi) is 2.04. The molecule has 0 aromatic carbocycles. The minimum Gasteiger partial charge on any atom is -0.298 e. The molecule has 17 heavy (non-hydrogen) atoms. The van der Waals surface area contributed by atoms with E-state index in [1.165, 1.54) is 0 Å². The van der Waals surface area contributed by atoms with Crippen molar-refractivity contribution in [1.29, 1.82) is 0 Å². The lowest BCUT2D eigenvalue weighted by Crippen LogP contribution is -1.91. The van der Waals surface area contributed by atoms with E-state index in [2.05, 4.69) is 10.2 Å². The predicted octanol–water partition coefficient (Wildman–Crippen LogP) is 1.55. The SMILES string of the molecule is Cn1ccc(-c2ccc3c(C=O)cnn3c2)n1. The third-order valence-electron chi connectivity index (χ3n) is 2.68. The number of pyridine rings is 1. The van der Waals surface area contributed by atoms with Crippen molar-refractivity contribution in [3.8, 4) is 11.3 Å². The van der Waals surface area contributed by atoms with Crippen LogP contribution in [0.15, 0.2) is 36.8 Å². The normalized spacial score (nSPS) is 10.9. The molecule has 3 aromatic rings. The summed E-state index contributed by atoms with van der Waals surface area (Å²) in [6.07, 6.45) is 6.12. The highest BCUT2D eigenvalue weighted by atomic mass is 16.1. The number of carbonyl (C=O) groups excluding carboxylic acids is 1. The molecule has 84 valence electrons. The van der Waals surface area contributed by atoms with Crippen LogP contribution in [0.3, 0.4) is 0 Å². The van der Waals surface area contributed by atoms with Crippen LogP contribution in [0.5, 0.6) is 0 Å². The number of carbonyl (C=O) groups is 1. The van der Waals surface area contributed by atoms with E-state index in [0.29, 0.717) is 5.56 Å². The first-order valence-corrected chi connectivity index (χ1v) is 5.20. The topological polar surface area (TPSA) is 52.2 Å². The summed E-state index contributed by atoms with van der Waals surface area (Å²) in [5.74, 6) is 0. The van der Waals surface area contributed by atoms with Gasteiger partial charge in [0.2, 0.25) is 0 Å². The van der Waals surface area contributed by atoms with Gasteiger partial charge in [0.25, 0.3) is 0 Å². The Morgan fingerprint density at radius 2 is 2.18 bits per heavy atom. The van der Waals surface area contributed by atoms with Crippen molar-refractivity contribution < 1.29 is 4.79 Å². The summed E-state index contributed by atoms with van der Waals surface area (Å²) in [7, 11) is 1.88. The minimum atomic E-state index is 0.595. The van der Waals surface area contributed by atoms with Crippen LogP contribution in [0.1, 0.15) is 10.4 Å². The van der Waals surface area contributed by atoms with Gasteiger partial charge in [-0.2, -0.15) is 10.2 Å². The van der Waals surface area contributed by atoms with E-state index in [0.717, 1.165) is 23.1 Å². The highest BCUT2D eigenvalue weighted by Gasteiger charge is 2.06. The number of aryl methyl sites for hydroxylation is 1. The Labute approximate surface area is 97.3 Å². The number of hydrogen-bond donors (Lipinski definition) is 0. The largest absolute Gasteiger partial charge is 0.298 e. The average Bonchev–Trinajstić information content (AvgIpc) is 2.94. The Morgan fingerprint density at radius 3 is 2.88 bits per heavy atom. The standard InChI is InChI=1S/C12H10N4O/c1-15-5-4-11(14-15)9-2-3-12-10(8-17)6-13-16(12)7-9/h2-8H,1H3. The second-order valence-electron chi connectivity index (χ2n) is 3.84. The van der Waals surface area contributed by atoms with Crippen LogP contribution in [0.25, 0.3) is 16.8 Å². The molecule has 0 bridgehead atoms. The fourth-order valence-corrected chi connectivity index (χ4v) is 1.82. The van der Waals surface area contributed by atoms with Crippen molar-refractivity contribution in [3.05, 3.63) is 42.4 Å². The van der Waals surface area contributed by atoms with Crippen molar-refractivity contribution in [2.24, 2.45) is 7.05 Å². The van der Waals surface area contributed by atoms with E-state index >= 15 is 0 Å². The van der Waals surface area contributed by atoms with Gasteiger partial charge in [0, 0.05) is 25.0 Å². The average molecular weight is 226 g/mol. The number of rotatable bonds is 2. The van der Waals surface area contributed by atoms with Gasteiger partial charge >= 0.3 is 0 Å². The van der Waals surface area contributed by atoms with E-state index < -0.39 is 0 Å². The molecule has 0 spiro atoms. The quantitative estimate of drug-likeness (QED) is 0.623. The van der Waals surface area contributed by atoms with Crippen LogP contribution in [0.4, 0.5) is 0 Å². The molecule has 3 heterocycles. The summed E-state index contributed by atoms with van der Waals surface area (Å²) in [6.45, 7) is 0. The van der Waals surface area contributed by atoms with Crippen molar-refractivity contribution in [1.82, 2.24) is 19.4 Å². The van der Waals surface area contributed by atoms with Gasteiger partial charge in [-0.15, -0.1) is 0 Å². The van der Waals surface area contributed by atoms with Gasteiger partial charge in [0.05, 0.1) is 23.0 Å². The molecule has 0 saturated heterocycles. The van der Waals surface area contributed by atoms with Crippen molar-refractivity contribution in [2.45, 2.75) is 0 Å². The highest BCUT2D eigenvalue weighted by molar-refractivity contribution is 5.86. The predicted molar refractivity (Wildman–Crippen MR) is 62.8 cm³/mol. The lowest BCUT2D eigenvalue weighted by molar-refractivity contribution is 0.112. The summed E-state index contributed by atoms with van der Waals surface area (Å²) >= 11 is 0. The summed E-state index contributed by atoms with van der Waals surface area (Å²) in [6, 6.07) is 5.75. The van der Waals surface area contributed by atoms with Gasteiger partial charge in [-0.1, -0.05) is 0 Å². The minimum absolute atomic E-state index is 0.595. The van der Waals surface area contributed by atoms with Crippen LogP contribution in [-0.4, -0.2) is 25.7 Å². The molecular weight excluding hydrogens is 216 g/mol. The molecule has 0 aliphatic carbocycles. The maximum absolute atomic E-state index is 10.8. The molecule has 0 N–H and O–H groups in total. The summed E-state index contributed by atoms with van der Waals surface area (Å²) in [4.78, 5) is 10.8. The molecule has 0 amide bonds. The van der Waals surface area contributed by atoms with Crippen molar-refractivity contribution in [3.63, 3.8) is 0 Å². The number of nitrogens with zero attached hydrogens (tertiary/aromatic N) is 4. The number of aldehydes is 1. The smallest absolute Gasteiger partial charge is 0.153 e. The van der Waals surface area contributed by atoms with Gasteiger partial charge in [-0.05, 0) is 18.2 Å². The van der Waals surface area contributed by atoms with Crippen LogP contribution < -0.4 is 0 Å². The Morgan fingerprint density at radius 1 is 1.29 bits per heavy atom. The fourth-order valence-electron chi connectivity index (χ4n) is 1.82. The fraction of sp³-hybridized carbons (Fsp3) is 0.0833. The second kappa shape index (κ2) is 3.55. The van der Waals surface area contributed by atoms with Gasteiger partial charge in [-0.25, -0.2) is 4.52 Å². The monoisotopic (exact) mass is 226 g/mol. The molecule has 0 radical (unpaired) electrons. The molecule has 3 rings (SSSR count). The Bertz CT molecular complexity index is 695. The number of hydrogen-bond acceptors (Lipinski definition) is 3. The third kappa shape index (κ3) is 1.52. The molecule has 0 fully saturated rings. The van der Waals surface area contributed by atoms with Crippen LogP contribution in [0, 0.1) is 0 Å². The molecule has 0 aliphatic heterocycles. The van der Waals surface area contributed by atoms with Gasteiger partial charge in [0.1, 0.15) is 0 Å². The highest BCUT2D eigenvalue weighted by Crippen LogP contribution is 2.18. The van der Waals surface area contributed by atoms with E-state index in [9.17, 15) is 4.79 Å². The first kappa shape index (κ1) is 9.77. The maximum atomic E-state index is 10.8. The summed E-state index contributed by atoms with van der Waals surface area (Å²) < 4.78 is 3.44. The zero-order chi connectivity index (χ0) is 11.8. The molecular formula is C12H10N4O. The zero-order valence-electron chi connectivity index (χ0n) is 9.24. The lowest BCUT2D eigenvalue weighted by atomic mass is 10.2. The van der Waals surface area contributed by atoms with Gasteiger partial charge < -0.3 is 0 Å². The summed E-state index contributed by atoms with van der Waals surface area (Å²) in [5.41, 5.74) is 3.26.